The third kappa shape index (κ3) is 5.95. The summed E-state index contributed by atoms with van der Waals surface area (Å²) < 4.78 is 5.60. The minimum atomic E-state index is -0.329. The van der Waals surface area contributed by atoms with Crippen LogP contribution in [0.1, 0.15) is 24.5 Å². The average molecular weight is 351 g/mol. The van der Waals surface area contributed by atoms with Gasteiger partial charge in [0.05, 0.1) is 6.07 Å². The van der Waals surface area contributed by atoms with E-state index in [1.165, 1.54) is 0 Å². The lowest BCUT2D eigenvalue weighted by Gasteiger charge is -2.11. The Labute approximate surface area is 152 Å². The monoisotopic (exact) mass is 351 g/mol. The number of benzene rings is 2. The maximum atomic E-state index is 12.1. The van der Waals surface area contributed by atoms with E-state index in [-0.39, 0.29) is 24.8 Å². The maximum Gasteiger partial charge on any atom is 0.262 e. The third-order valence-corrected chi connectivity index (χ3v) is 3.65. The molecule has 2 N–H and O–H groups in total. The lowest BCUT2D eigenvalue weighted by molar-refractivity contribution is -0.120. The zero-order valence-corrected chi connectivity index (χ0v) is 14.6. The van der Waals surface area contributed by atoms with Gasteiger partial charge in [0.25, 0.3) is 5.91 Å². The first-order valence-electron chi connectivity index (χ1n) is 8.35. The zero-order chi connectivity index (χ0) is 18.8. The predicted octanol–water partition coefficient (Wildman–Crippen LogP) is 2.80. The fourth-order valence-electron chi connectivity index (χ4n) is 2.37. The van der Waals surface area contributed by atoms with Crippen LogP contribution in [0.5, 0.6) is 5.75 Å². The van der Waals surface area contributed by atoms with Crippen molar-refractivity contribution in [1.29, 1.82) is 5.26 Å². The number of ether oxygens (including phenoxy) is 1. The number of carbonyl (C=O) groups excluding carboxylic acids is 2. The largest absolute Gasteiger partial charge is 0.483 e. The lowest BCUT2D eigenvalue weighted by atomic mass is 10.1. The molecule has 134 valence electrons. The predicted molar refractivity (Wildman–Crippen MR) is 98.5 cm³/mol. The molecule has 0 spiro atoms. The molecular formula is C20H21N3O3. The van der Waals surface area contributed by atoms with Crippen LogP contribution in [0.2, 0.25) is 0 Å². The van der Waals surface area contributed by atoms with Crippen LogP contribution in [0, 0.1) is 11.3 Å². The van der Waals surface area contributed by atoms with Crippen molar-refractivity contribution in [3.8, 4) is 11.8 Å². The summed E-state index contributed by atoms with van der Waals surface area (Å²) in [5.74, 6) is 0.116. The Morgan fingerprint density at radius 2 is 1.92 bits per heavy atom. The van der Waals surface area contributed by atoms with Gasteiger partial charge in [-0.3, -0.25) is 9.59 Å². The second-order valence-electron chi connectivity index (χ2n) is 5.61. The molecule has 0 saturated carbocycles. The Morgan fingerprint density at radius 1 is 1.12 bits per heavy atom. The molecule has 0 radical (unpaired) electrons. The Hall–Kier alpha value is -3.33. The van der Waals surface area contributed by atoms with Gasteiger partial charge in [-0.1, -0.05) is 37.3 Å². The van der Waals surface area contributed by atoms with E-state index in [1.807, 2.05) is 37.3 Å². The van der Waals surface area contributed by atoms with Crippen LogP contribution in [0.25, 0.3) is 0 Å². The first-order valence-corrected chi connectivity index (χ1v) is 8.35. The molecule has 0 aliphatic carbocycles. The molecule has 0 atom stereocenters. The number of hydrogen-bond donors (Lipinski definition) is 2. The summed E-state index contributed by atoms with van der Waals surface area (Å²) in [5.41, 5.74) is 2.50. The average Bonchev–Trinajstić information content (AvgIpc) is 2.65. The fourth-order valence-corrected chi connectivity index (χ4v) is 2.37. The minimum absolute atomic E-state index is 0.0832. The number of aryl methyl sites for hydroxylation is 1. The fraction of sp³-hybridized carbons (Fsp3) is 0.250. The Morgan fingerprint density at radius 3 is 2.69 bits per heavy atom. The smallest absolute Gasteiger partial charge is 0.262 e. The maximum absolute atomic E-state index is 12.1. The summed E-state index contributed by atoms with van der Waals surface area (Å²) in [6.07, 6.45) is 0.657. The van der Waals surface area contributed by atoms with Crippen LogP contribution in [0.3, 0.4) is 0 Å². The SMILES string of the molecule is CCc1ccccc1OCC(=O)Nc1cccc(CNC(=O)CC#N)c1. The molecule has 0 aliphatic heterocycles. The van der Waals surface area contributed by atoms with Gasteiger partial charge in [0.15, 0.2) is 6.61 Å². The van der Waals surface area contributed by atoms with Crippen LogP contribution in [0.15, 0.2) is 48.5 Å². The number of nitrogens with one attached hydrogen (secondary N) is 2. The van der Waals surface area contributed by atoms with Gasteiger partial charge in [0, 0.05) is 12.2 Å². The van der Waals surface area contributed by atoms with Gasteiger partial charge in [0.2, 0.25) is 5.91 Å². The summed E-state index contributed by atoms with van der Waals surface area (Å²) >= 11 is 0. The van der Waals surface area contributed by atoms with Crippen molar-refractivity contribution in [2.45, 2.75) is 26.3 Å². The number of hydrogen-bond acceptors (Lipinski definition) is 4. The number of amides is 2. The second kappa shape index (κ2) is 9.84. The highest BCUT2D eigenvalue weighted by Gasteiger charge is 2.07. The van der Waals surface area contributed by atoms with Gasteiger partial charge in [-0.15, -0.1) is 0 Å². The molecule has 0 unspecified atom stereocenters. The number of rotatable bonds is 8. The minimum Gasteiger partial charge on any atom is -0.483 e. The van der Waals surface area contributed by atoms with Gasteiger partial charge in [0.1, 0.15) is 12.2 Å². The first kappa shape index (κ1) is 19.0. The number of nitrogens with zero attached hydrogens (tertiary/aromatic N) is 1. The van der Waals surface area contributed by atoms with Crippen LogP contribution < -0.4 is 15.4 Å². The van der Waals surface area contributed by atoms with Crippen molar-refractivity contribution >= 4 is 17.5 Å². The molecule has 26 heavy (non-hydrogen) atoms. The van der Waals surface area contributed by atoms with Crippen molar-refractivity contribution in [1.82, 2.24) is 5.32 Å². The molecular weight excluding hydrogens is 330 g/mol. The number of anilines is 1. The second-order valence-corrected chi connectivity index (χ2v) is 5.61. The molecule has 0 aromatic heterocycles. The van der Waals surface area contributed by atoms with Crippen molar-refractivity contribution in [3.05, 3.63) is 59.7 Å². The molecule has 6 heteroatoms. The summed E-state index contributed by atoms with van der Waals surface area (Å²) in [6, 6.07) is 16.6. The molecule has 0 bridgehead atoms. The van der Waals surface area contributed by atoms with E-state index >= 15 is 0 Å². The van der Waals surface area contributed by atoms with Crippen molar-refractivity contribution in [3.63, 3.8) is 0 Å². The quantitative estimate of drug-likeness (QED) is 0.765. The van der Waals surface area contributed by atoms with Crippen LogP contribution in [-0.2, 0) is 22.6 Å². The standard InChI is InChI=1S/C20H21N3O3/c1-2-16-7-3-4-9-18(16)26-14-20(25)23-17-8-5-6-15(12-17)13-22-19(24)10-11-21/h3-9,12H,2,10,13-14H2,1H3,(H,22,24)(H,23,25). The molecule has 6 nitrogen and oxygen atoms in total. The summed E-state index contributed by atoms with van der Waals surface area (Å²) in [4.78, 5) is 23.4. The van der Waals surface area contributed by atoms with E-state index in [4.69, 9.17) is 10.00 Å². The summed E-state index contributed by atoms with van der Waals surface area (Å²) in [7, 11) is 0. The van der Waals surface area contributed by atoms with Gasteiger partial charge in [-0.2, -0.15) is 5.26 Å². The van der Waals surface area contributed by atoms with Crippen molar-refractivity contribution in [2.24, 2.45) is 0 Å². The number of carbonyl (C=O) groups is 2. The van der Waals surface area contributed by atoms with Crippen molar-refractivity contribution < 1.29 is 14.3 Å². The zero-order valence-electron chi connectivity index (χ0n) is 14.6. The highest BCUT2D eigenvalue weighted by molar-refractivity contribution is 5.92. The van der Waals surface area contributed by atoms with E-state index in [9.17, 15) is 9.59 Å². The lowest BCUT2D eigenvalue weighted by Crippen LogP contribution is -2.22. The summed E-state index contributed by atoms with van der Waals surface area (Å²) in [6.45, 7) is 2.24. The van der Waals surface area contributed by atoms with E-state index in [1.54, 1.807) is 24.3 Å². The topological polar surface area (TPSA) is 91.2 Å². The van der Waals surface area contributed by atoms with Gasteiger partial charge in [-0.25, -0.2) is 0 Å². The molecule has 2 aromatic rings. The van der Waals surface area contributed by atoms with Gasteiger partial charge < -0.3 is 15.4 Å². The Kier molecular flexibility index (Phi) is 7.19. The first-order chi connectivity index (χ1) is 12.6. The van der Waals surface area contributed by atoms with Crippen LogP contribution >= 0.6 is 0 Å². The summed E-state index contributed by atoms with van der Waals surface area (Å²) in [5, 5.41) is 13.9. The van der Waals surface area contributed by atoms with Crippen LogP contribution in [-0.4, -0.2) is 18.4 Å². The van der Waals surface area contributed by atoms with E-state index < -0.39 is 0 Å². The molecule has 2 aromatic carbocycles. The number of para-hydroxylation sites is 1. The third-order valence-electron chi connectivity index (χ3n) is 3.65. The van der Waals surface area contributed by atoms with E-state index in [0.29, 0.717) is 18.0 Å². The van der Waals surface area contributed by atoms with Crippen molar-refractivity contribution in [2.75, 3.05) is 11.9 Å². The molecule has 0 saturated heterocycles. The Balaban J connectivity index is 1.88. The normalized spacial score (nSPS) is 9.85. The number of nitriles is 1. The highest BCUT2D eigenvalue weighted by atomic mass is 16.5. The molecule has 2 rings (SSSR count). The van der Waals surface area contributed by atoms with E-state index in [0.717, 1.165) is 17.5 Å². The molecule has 0 heterocycles. The van der Waals surface area contributed by atoms with Crippen LogP contribution in [0.4, 0.5) is 5.69 Å². The van der Waals surface area contributed by atoms with Gasteiger partial charge in [-0.05, 0) is 35.7 Å². The molecule has 0 aliphatic rings. The van der Waals surface area contributed by atoms with Gasteiger partial charge >= 0.3 is 0 Å². The molecule has 2 amide bonds. The highest BCUT2D eigenvalue weighted by Crippen LogP contribution is 2.18. The molecule has 0 fully saturated rings. The van der Waals surface area contributed by atoms with E-state index in [2.05, 4.69) is 10.6 Å². The Bertz CT molecular complexity index is 812.